The Morgan fingerprint density at radius 2 is 1.93 bits per heavy atom. The first-order chi connectivity index (χ1) is 20.3. The molecule has 0 aliphatic carbocycles. The second-order valence-corrected chi connectivity index (χ2v) is 12.9. The van der Waals surface area contributed by atoms with Gasteiger partial charge in [0.15, 0.2) is 14.2 Å². The van der Waals surface area contributed by atoms with E-state index in [1.807, 2.05) is 37.3 Å². The van der Waals surface area contributed by atoms with Crippen molar-refractivity contribution in [2.75, 3.05) is 13.2 Å². The maximum Gasteiger partial charge on any atom is 0.338 e. The average Bonchev–Trinajstić information content (AvgIpc) is 3.66. The number of benzene rings is 2. The highest BCUT2D eigenvalue weighted by Crippen LogP contribution is 2.36. The zero-order chi connectivity index (χ0) is 29.4. The van der Waals surface area contributed by atoms with Crippen molar-refractivity contribution in [2.24, 2.45) is 4.99 Å². The first kappa shape index (κ1) is 28.5. The summed E-state index contributed by atoms with van der Waals surface area (Å²) in [6.45, 7) is 6.26. The third-order valence-corrected chi connectivity index (χ3v) is 9.65. The molecule has 12 heteroatoms. The fraction of sp³-hybridized carbons (Fsp3) is 0.200. The van der Waals surface area contributed by atoms with Crippen LogP contribution in [-0.2, 0) is 9.53 Å². The molecule has 6 rings (SSSR count). The van der Waals surface area contributed by atoms with Crippen LogP contribution in [0, 0.1) is 0 Å². The van der Waals surface area contributed by atoms with E-state index in [-0.39, 0.29) is 12.2 Å². The van der Waals surface area contributed by atoms with Crippen molar-refractivity contribution in [3.63, 3.8) is 0 Å². The summed E-state index contributed by atoms with van der Waals surface area (Å²) in [5.74, 6) is 0.825. The number of rotatable bonds is 8. The SMILES string of the molecule is CCOC(=O)C1=C(C)N=c2s/c(=C\c3ccc(Sc4nc5ccc(OCC)cc5s4)o3)c(=O)n2[C@H]1c1ccc(Cl)cc1. The second-order valence-electron chi connectivity index (χ2n) is 9.16. The molecule has 5 aromatic rings. The first-order valence-corrected chi connectivity index (χ1v) is 15.9. The second kappa shape index (κ2) is 11.9. The number of nitrogens with zero attached hydrogens (tertiary/aromatic N) is 3. The van der Waals surface area contributed by atoms with Gasteiger partial charge in [-0.2, -0.15) is 0 Å². The number of hydrogen-bond acceptors (Lipinski definition) is 10. The Balaban J connectivity index is 1.34. The molecular formula is C30H24ClN3O5S3. The monoisotopic (exact) mass is 637 g/mol. The van der Waals surface area contributed by atoms with Gasteiger partial charge in [-0.1, -0.05) is 35.1 Å². The minimum absolute atomic E-state index is 0.206. The Bertz CT molecular complexity index is 2020. The van der Waals surface area contributed by atoms with E-state index in [9.17, 15) is 9.59 Å². The quantitative estimate of drug-likeness (QED) is 0.187. The van der Waals surface area contributed by atoms with Crippen molar-refractivity contribution in [2.45, 2.75) is 36.2 Å². The number of halogens is 1. The van der Waals surface area contributed by atoms with Gasteiger partial charge in [-0.3, -0.25) is 9.36 Å². The van der Waals surface area contributed by atoms with Crippen LogP contribution in [0.15, 0.2) is 89.5 Å². The number of fused-ring (bicyclic) bond motifs is 2. The maximum atomic E-state index is 13.8. The van der Waals surface area contributed by atoms with Crippen molar-refractivity contribution in [1.82, 2.24) is 9.55 Å². The highest BCUT2D eigenvalue weighted by atomic mass is 35.5. The molecule has 1 aliphatic rings. The van der Waals surface area contributed by atoms with E-state index >= 15 is 0 Å². The zero-order valence-corrected chi connectivity index (χ0v) is 26.0. The summed E-state index contributed by atoms with van der Waals surface area (Å²) in [4.78, 5) is 36.6. The van der Waals surface area contributed by atoms with E-state index in [0.29, 0.717) is 43.1 Å². The van der Waals surface area contributed by atoms with Crippen LogP contribution >= 0.6 is 46.0 Å². The molecule has 214 valence electrons. The third-order valence-electron chi connectivity index (χ3n) is 6.42. The molecule has 0 N–H and O–H groups in total. The van der Waals surface area contributed by atoms with Gasteiger partial charge < -0.3 is 13.9 Å². The van der Waals surface area contributed by atoms with Crippen molar-refractivity contribution >= 4 is 68.3 Å². The average molecular weight is 638 g/mol. The molecule has 4 heterocycles. The van der Waals surface area contributed by atoms with Gasteiger partial charge in [0.1, 0.15) is 11.5 Å². The minimum atomic E-state index is -0.704. The van der Waals surface area contributed by atoms with Crippen molar-refractivity contribution in [3.8, 4) is 5.75 Å². The van der Waals surface area contributed by atoms with E-state index in [1.54, 1.807) is 55.5 Å². The van der Waals surface area contributed by atoms with Crippen LogP contribution in [0.4, 0.5) is 0 Å². The van der Waals surface area contributed by atoms with Gasteiger partial charge in [-0.25, -0.2) is 14.8 Å². The van der Waals surface area contributed by atoms with Crippen LogP contribution in [0.1, 0.15) is 38.1 Å². The number of allylic oxidation sites excluding steroid dienone is 1. The summed E-state index contributed by atoms with van der Waals surface area (Å²) < 4.78 is 20.8. The molecule has 0 saturated heterocycles. The van der Waals surface area contributed by atoms with Gasteiger partial charge in [-0.05, 0) is 80.6 Å². The standard InChI is InChI=1S/C30H24ClN3O5S3/c1-4-37-19-10-12-21-22(14-19)41-30(33-21)42-24-13-11-20(39-24)15-23-27(35)34-26(17-6-8-18(31)9-7-17)25(28(36)38-5-2)16(3)32-29(34)40-23/h6-15,26H,4-5H2,1-3H3/b23-15-/t26-/m0/s1. The topological polar surface area (TPSA) is 95.9 Å². The number of thiazole rings is 2. The van der Waals surface area contributed by atoms with E-state index < -0.39 is 12.0 Å². The lowest BCUT2D eigenvalue weighted by atomic mass is 9.96. The van der Waals surface area contributed by atoms with Gasteiger partial charge in [0.05, 0.1) is 45.3 Å². The molecule has 1 aliphatic heterocycles. The summed E-state index contributed by atoms with van der Waals surface area (Å²) in [6, 6.07) is 15.9. The summed E-state index contributed by atoms with van der Waals surface area (Å²) in [5.41, 5.74) is 2.16. The first-order valence-electron chi connectivity index (χ1n) is 13.1. The number of esters is 1. The van der Waals surface area contributed by atoms with Crippen LogP contribution in [0.3, 0.4) is 0 Å². The smallest absolute Gasteiger partial charge is 0.338 e. The molecule has 0 saturated carbocycles. The molecule has 1 atom stereocenters. The van der Waals surface area contributed by atoms with Crippen LogP contribution in [0.5, 0.6) is 5.75 Å². The molecule has 0 unspecified atom stereocenters. The van der Waals surface area contributed by atoms with Crippen LogP contribution in [-0.4, -0.2) is 28.7 Å². The normalized spacial score (nSPS) is 15.1. The van der Waals surface area contributed by atoms with Crippen LogP contribution in [0.25, 0.3) is 16.3 Å². The number of furan rings is 1. The predicted octanol–water partition coefficient (Wildman–Crippen LogP) is 6.20. The molecule has 3 aromatic heterocycles. The summed E-state index contributed by atoms with van der Waals surface area (Å²) in [6.07, 6.45) is 1.70. The van der Waals surface area contributed by atoms with Gasteiger partial charge in [0, 0.05) is 11.1 Å². The number of hydrogen-bond donors (Lipinski definition) is 0. The molecule has 8 nitrogen and oxygen atoms in total. The molecule has 0 spiro atoms. The number of carbonyl (C=O) groups is 1. The van der Waals surface area contributed by atoms with Crippen LogP contribution < -0.4 is 19.6 Å². The number of carbonyl (C=O) groups excluding carboxylic acids is 1. The molecule has 0 amide bonds. The molecule has 42 heavy (non-hydrogen) atoms. The summed E-state index contributed by atoms with van der Waals surface area (Å²) >= 11 is 10.3. The molecule has 0 radical (unpaired) electrons. The van der Waals surface area contributed by atoms with Gasteiger partial charge in [0.2, 0.25) is 0 Å². The summed E-state index contributed by atoms with van der Waals surface area (Å²) in [5, 5.41) is 1.20. The number of aromatic nitrogens is 2. The summed E-state index contributed by atoms with van der Waals surface area (Å²) in [7, 11) is 0. The largest absolute Gasteiger partial charge is 0.494 e. The highest BCUT2D eigenvalue weighted by molar-refractivity contribution is 8.01. The zero-order valence-electron chi connectivity index (χ0n) is 22.8. The lowest BCUT2D eigenvalue weighted by molar-refractivity contribution is -0.139. The van der Waals surface area contributed by atoms with Gasteiger partial charge in [-0.15, -0.1) is 11.3 Å². The fourth-order valence-corrected chi connectivity index (χ4v) is 7.77. The van der Waals surface area contributed by atoms with Crippen LogP contribution in [0.2, 0.25) is 5.02 Å². The van der Waals surface area contributed by atoms with Crippen molar-refractivity contribution < 1.29 is 18.7 Å². The molecule has 2 aromatic carbocycles. The lowest BCUT2D eigenvalue weighted by Gasteiger charge is -2.24. The fourth-order valence-electron chi connectivity index (χ4n) is 4.62. The van der Waals surface area contributed by atoms with Crippen molar-refractivity contribution in [1.29, 1.82) is 0 Å². The highest BCUT2D eigenvalue weighted by Gasteiger charge is 2.33. The Kier molecular flexibility index (Phi) is 8.09. The number of ether oxygens (including phenoxy) is 2. The Morgan fingerprint density at radius 1 is 1.12 bits per heavy atom. The Hall–Kier alpha value is -3.64. The van der Waals surface area contributed by atoms with E-state index in [2.05, 4.69) is 9.98 Å². The third kappa shape index (κ3) is 5.57. The Labute approximate surface area is 257 Å². The van der Waals surface area contributed by atoms with E-state index in [0.717, 1.165) is 25.9 Å². The van der Waals surface area contributed by atoms with Gasteiger partial charge >= 0.3 is 5.97 Å². The molecule has 0 bridgehead atoms. The van der Waals surface area contributed by atoms with Gasteiger partial charge in [0.25, 0.3) is 5.56 Å². The van der Waals surface area contributed by atoms with E-state index in [4.69, 9.17) is 25.5 Å². The van der Waals surface area contributed by atoms with Crippen molar-refractivity contribution in [3.05, 3.63) is 102 Å². The van der Waals surface area contributed by atoms with E-state index in [1.165, 1.54) is 27.7 Å². The lowest BCUT2D eigenvalue weighted by Crippen LogP contribution is -2.39. The molecule has 0 fully saturated rings. The molecular weight excluding hydrogens is 614 g/mol. The maximum absolute atomic E-state index is 13.8. The predicted molar refractivity (Wildman–Crippen MR) is 165 cm³/mol. The Morgan fingerprint density at radius 3 is 2.69 bits per heavy atom. The minimum Gasteiger partial charge on any atom is -0.494 e.